The number of piperidine rings is 1. The molecule has 0 saturated carbocycles. The molecule has 1 saturated heterocycles. The number of carbonyl (C=O) groups excluding carboxylic acids is 2. The van der Waals surface area contributed by atoms with E-state index in [2.05, 4.69) is 17.2 Å². The zero-order valence-corrected chi connectivity index (χ0v) is 15.7. The normalized spacial score (nSPS) is 17.0. The molecule has 1 aliphatic rings. The van der Waals surface area contributed by atoms with Crippen LogP contribution in [0.3, 0.4) is 0 Å². The molecule has 5 nitrogen and oxygen atoms in total. The maximum absolute atomic E-state index is 12.7. The van der Waals surface area contributed by atoms with Crippen molar-refractivity contribution in [3.63, 3.8) is 0 Å². The van der Waals surface area contributed by atoms with E-state index in [1.54, 1.807) is 24.3 Å². The zero-order chi connectivity index (χ0) is 18.7. The van der Waals surface area contributed by atoms with Gasteiger partial charge in [0.05, 0.1) is 11.1 Å². The summed E-state index contributed by atoms with van der Waals surface area (Å²) >= 11 is 5.95. The molecular weight excluding hydrogens is 350 g/mol. The molecule has 1 aliphatic heterocycles. The van der Waals surface area contributed by atoms with Crippen LogP contribution >= 0.6 is 11.6 Å². The minimum absolute atomic E-state index is 0.0682. The number of amides is 2. The van der Waals surface area contributed by atoms with Crippen LogP contribution < -0.4 is 5.32 Å². The third-order valence-corrected chi connectivity index (χ3v) is 4.86. The molecule has 2 amide bonds. The van der Waals surface area contributed by atoms with E-state index in [0.717, 1.165) is 31.5 Å². The van der Waals surface area contributed by atoms with Crippen LogP contribution in [0.4, 0.5) is 5.69 Å². The highest BCUT2D eigenvalue weighted by Crippen LogP contribution is 2.21. The maximum atomic E-state index is 12.7. The average Bonchev–Trinajstić information content (AvgIpc) is 2.63. The number of aryl methyl sites for hydroxylation is 1. The molecule has 1 aromatic heterocycles. The Morgan fingerprint density at radius 1 is 1.23 bits per heavy atom. The lowest BCUT2D eigenvalue weighted by Crippen LogP contribution is -2.39. The summed E-state index contributed by atoms with van der Waals surface area (Å²) in [7, 11) is 0. The van der Waals surface area contributed by atoms with Crippen LogP contribution in [0.15, 0.2) is 36.7 Å². The van der Waals surface area contributed by atoms with Crippen molar-refractivity contribution < 1.29 is 9.59 Å². The summed E-state index contributed by atoms with van der Waals surface area (Å²) in [6, 6.07) is 6.87. The lowest BCUT2D eigenvalue weighted by Gasteiger charge is -2.31. The predicted octanol–water partition coefficient (Wildman–Crippen LogP) is 4.17. The largest absolute Gasteiger partial charge is 0.338 e. The van der Waals surface area contributed by atoms with Crippen molar-refractivity contribution in [3.05, 3.63) is 58.4 Å². The summed E-state index contributed by atoms with van der Waals surface area (Å²) in [5.74, 6) is 0.131. The first kappa shape index (κ1) is 18.4. The van der Waals surface area contributed by atoms with Gasteiger partial charge in [0.15, 0.2) is 0 Å². The van der Waals surface area contributed by atoms with Crippen molar-refractivity contribution in [2.75, 3.05) is 18.4 Å². The number of pyridine rings is 1. The molecular formula is C20H22ClN3O2. The maximum Gasteiger partial charge on any atom is 0.257 e. The number of hydrogen-bond acceptors (Lipinski definition) is 3. The van der Waals surface area contributed by atoms with E-state index >= 15 is 0 Å². The molecule has 0 spiro atoms. The number of nitrogens with zero attached hydrogens (tertiary/aromatic N) is 2. The second kappa shape index (κ2) is 7.87. The van der Waals surface area contributed by atoms with E-state index in [0.29, 0.717) is 27.8 Å². The summed E-state index contributed by atoms with van der Waals surface area (Å²) in [5.41, 5.74) is 2.35. The van der Waals surface area contributed by atoms with Gasteiger partial charge in [-0.05, 0) is 55.5 Å². The smallest absolute Gasteiger partial charge is 0.257 e. The van der Waals surface area contributed by atoms with Crippen LogP contribution in [-0.2, 0) is 0 Å². The summed E-state index contributed by atoms with van der Waals surface area (Å²) in [4.78, 5) is 31.2. The van der Waals surface area contributed by atoms with E-state index in [9.17, 15) is 9.59 Å². The second-order valence-corrected chi connectivity index (χ2v) is 7.31. The molecule has 1 atom stereocenters. The van der Waals surface area contributed by atoms with E-state index in [-0.39, 0.29) is 11.8 Å². The Morgan fingerprint density at radius 2 is 2.00 bits per heavy atom. The van der Waals surface area contributed by atoms with Crippen molar-refractivity contribution in [3.8, 4) is 0 Å². The number of hydrogen-bond donors (Lipinski definition) is 1. The first-order chi connectivity index (χ1) is 12.4. The molecule has 136 valence electrons. The van der Waals surface area contributed by atoms with Gasteiger partial charge in [0.2, 0.25) is 0 Å². The molecule has 1 aromatic carbocycles. The van der Waals surface area contributed by atoms with Gasteiger partial charge in [-0.25, -0.2) is 0 Å². The molecule has 3 rings (SSSR count). The number of carbonyl (C=O) groups is 2. The van der Waals surface area contributed by atoms with Gasteiger partial charge in [-0.1, -0.05) is 18.5 Å². The SMILES string of the molecule is Cc1cc(Cl)ccc1NC(=O)c1cncc(C(=O)N2CCCC(C)C2)c1. The van der Waals surface area contributed by atoms with Crippen molar-refractivity contribution in [2.45, 2.75) is 26.7 Å². The lowest BCUT2D eigenvalue weighted by atomic mass is 9.99. The molecule has 0 bridgehead atoms. The van der Waals surface area contributed by atoms with Crippen LogP contribution in [0.25, 0.3) is 0 Å². The minimum Gasteiger partial charge on any atom is -0.338 e. The van der Waals surface area contributed by atoms with E-state index in [4.69, 9.17) is 11.6 Å². The molecule has 0 aliphatic carbocycles. The topological polar surface area (TPSA) is 62.3 Å². The third kappa shape index (κ3) is 4.22. The Labute approximate surface area is 158 Å². The van der Waals surface area contributed by atoms with E-state index < -0.39 is 0 Å². The van der Waals surface area contributed by atoms with Gasteiger partial charge in [0, 0.05) is 36.2 Å². The number of halogens is 1. The zero-order valence-electron chi connectivity index (χ0n) is 15.0. The van der Waals surface area contributed by atoms with Crippen LogP contribution in [0.2, 0.25) is 5.02 Å². The number of benzene rings is 1. The number of nitrogens with one attached hydrogen (secondary N) is 1. The quantitative estimate of drug-likeness (QED) is 0.880. The first-order valence-electron chi connectivity index (χ1n) is 8.76. The van der Waals surface area contributed by atoms with Gasteiger partial charge < -0.3 is 10.2 Å². The Bertz CT molecular complexity index is 838. The van der Waals surface area contributed by atoms with Gasteiger partial charge in [-0.15, -0.1) is 0 Å². The van der Waals surface area contributed by atoms with E-state index in [1.807, 2.05) is 11.8 Å². The van der Waals surface area contributed by atoms with Crippen LogP contribution in [0, 0.1) is 12.8 Å². The molecule has 2 heterocycles. The third-order valence-electron chi connectivity index (χ3n) is 4.63. The van der Waals surface area contributed by atoms with Crippen LogP contribution in [-0.4, -0.2) is 34.8 Å². The monoisotopic (exact) mass is 371 g/mol. The van der Waals surface area contributed by atoms with Gasteiger partial charge in [0.1, 0.15) is 0 Å². The molecule has 0 radical (unpaired) electrons. The second-order valence-electron chi connectivity index (χ2n) is 6.87. The minimum atomic E-state index is -0.301. The summed E-state index contributed by atoms with van der Waals surface area (Å²) in [5, 5.41) is 3.46. The molecule has 2 aromatic rings. The first-order valence-corrected chi connectivity index (χ1v) is 9.13. The Balaban J connectivity index is 1.75. The lowest BCUT2D eigenvalue weighted by molar-refractivity contribution is 0.0682. The molecule has 1 unspecified atom stereocenters. The summed E-state index contributed by atoms with van der Waals surface area (Å²) < 4.78 is 0. The van der Waals surface area contributed by atoms with E-state index in [1.165, 1.54) is 12.4 Å². The predicted molar refractivity (Wildman–Crippen MR) is 103 cm³/mol. The molecule has 1 fully saturated rings. The molecule has 26 heavy (non-hydrogen) atoms. The Kier molecular flexibility index (Phi) is 5.57. The number of rotatable bonds is 3. The standard InChI is InChI=1S/C20H22ClN3O2/c1-13-4-3-7-24(12-13)20(26)16-9-15(10-22-11-16)19(25)23-18-6-5-17(21)8-14(18)2/h5-6,8-11,13H,3-4,7,12H2,1-2H3,(H,23,25). The number of aromatic nitrogens is 1. The van der Waals surface area contributed by atoms with Gasteiger partial charge >= 0.3 is 0 Å². The average molecular weight is 372 g/mol. The van der Waals surface area contributed by atoms with Crippen molar-refractivity contribution in [1.82, 2.24) is 9.88 Å². The van der Waals surface area contributed by atoms with Crippen LogP contribution in [0.5, 0.6) is 0 Å². The molecule has 1 N–H and O–H groups in total. The summed E-state index contributed by atoms with van der Waals surface area (Å²) in [6.07, 6.45) is 5.14. The van der Waals surface area contributed by atoms with Crippen molar-refractivity contribution >= 4 is 29.1 Å². The highest BCUT2D eigenvalue weighted by Gasteiger charge is 2.23. The molecule has 6 heteroatoms. The van der Waals surface area contributed by atoms with Gasteiger partial charge in [-0.2, -0.15) is 0 Å². The fraction of sp³-hybridized carbons (Fsp3) is 0.350. The van der Waals surface area contributed by atoms with Crippen LogP contribution in [0.1, 0.15) is 46.0 Å². The Morgan fingerprint density at radius 3 is 2.73 bits per heavy atom. The van der Waals surface area contributed by atoms with Gasteiger partial charge in [0.25, 0.3) is 11.8 Å². The van der Waals surface area contributed by atoms with Crippen molar-refractivity contribution in [2.24, 2.45) is 5.92 Å². The number of likely N-dealkylation sites (tertiary alicyclic amines) is 1. The Hall–Kier alpha value is -2.40. The highest BCUT2D eigenvalue weighted by atomic mass is 35.5. The number of anilines is 1. The fourth-order valence-corrected chi connectivity index (χ4v) is 3.43. The summed E-state index contributed by atoms with van der Waals surface area (Å²) in [6.45, 7) is 5.52. The van der Waals surface area contributed by atoms with Gasteiger partial charge in [-0.3, -0.25) is 14.6 Å². The highest BCUT2D eigenvalue weighted by molar-refractivity contribution is 6.30. The van der Waals surface area contributed by atoms with Crippen molar-refractivity contribution in [1.29, 1.82) is 0 Å². The fourth-order valence-electron chi connectivity index (χ4n) is 3.20.